The van der Waals surface area contributed by atoms with Crippen LogP contribution in [0.2, 0.25) is 5.15 Å². The van der Waals surface area contributed by atoms with Crippen LogP contribution in [0, 0.1) is 0 Å². The van der Waals surface area contributed by atoms with E-state index in [-0.39, 0.29) is 23.5 Å². The molecule has 1 N–H and O–H groups in total. The highest BCUT2D eigenvalue weighted by molar-refractivity contribution is 6.29. The monoisotopic (exact) mass is 398 g/mol. The van der Waals surface area contributed by atoms with Gasteiger partial charge in [-0.1, -0.05) is 41.9 Å². The predicted molar refractivity (Wildman–Crippen MR) is 107 cm³/mol. The van der Waals surface area contributed by atoms with Crippen molar-refractivity contribution in [3.63, 3.8) is 0 Å². The molecule has 0 aliphatic carbocycles. The number of carbonyl (C=O) groups excluding carboxylic acids is 2. The number of likely N-dealkylation sites (tertiary alicyclic amines) is 1. The second kappa shape index (κ2) is 7.53. The van der Waals surface area contributed by atoms with Gasteiger partial charge in [0.25, 0.3) is 5.91 Å². The van der Waals surface area contributed by atoms with Gasteiger partial charge in [0.2, 0.25) is 5.91 Å². The SMILES string of the molecule is CN1C(=O)C(Cc2ccccc2)NC12CCN(C(=O)c1ccc(Cl)nc1)CC2. The molecule has 1 spiro atoms. The summed E-state index contributed by atoms with van der Waals surface area (Å²) in [7, 11) is 1.86. The number of hydrogen-bond donors (Lipinski definition) is 1. The van der Waals surface area contributed by atoms with E-state index in [1.54, 1.807) is 12.1 Å². The van der Waals surface area contributed by atoms with Crippen molar-refractivity contribution in [3.05, 3.63) is 64.9 Å². The first-order chi connectivity index (χ1) is 13.5. The second-order valence-electron chi connectivity index (χ2n) is 7.48. The van der Waals surface area contributed by atoms with Gasteiger partial charge in [0.1, 0.15) is 5.15 Å². The number of likely N-dealkylation sites (N-methyl/N-ethyl adjacent to an activating group) is 1. The molecule has 4 rings (SSSR count). The van der Waals surface area contributed by atoms with E-state index in [1.807, 2.05) is 47.2 Å². The summed E-state index contributed by atoms with van der Waals surface area (Å²) < 4.78 is 0. The van der Waals surface area contributed by atoms with Crippen molar-refractivity contribution in [2.45, 2.75) is 31.0 Å². The number of halogens is 1. The topological polar surface area (TPSA) is 65.5 Å². The van der Waals surface area contributed by atoms with E-state index in [0.717, 1.165) is 5.56 Å². The van der Waals surface area contributed by atoms with E-state index in [9.17, 15) is 9.59 Å². The summed E-state index contributed by atoms with van der Waals surface area (Å²) in [5, 5.41) is 3.94. The Hall–Kier alpha value is -2.44. The largest absolute Gasteiger partial charge is 0.338 e. The highest BCUT2D eigenvalue weighted by Gasteiger charge is 2.49. The fourth-order valence-electron chi connectivity index (χ4n) is 4.16. The van der Waals surface area contributed by atoms with Gasteiger partial charge in [0.15, 0.2) is 0 Å². The molecule has 2 fully saturated rings. The minimum Gasteiger partial charge on any atom is -0.338 e. The van der Waals surface area contributed by atoms with Gasteiger partial charge in [0.05, 0.1) is 17.3 Å². The van der Waals surface area contributed by atoms with Crippen LogP contribution in [0.1, 0.15) is 28.8 Å². The maximum atomic E-state index is 12.8. The third kappa shape index (κ3) is 3.50. The molecule has 28 heavy (non-hydrogen) atoms. The fraction of sp³-hybridized carbons (Fsp3) is 0.381. The van der Waals surface area contributed by atoms with Gasteiger partial charge in [-0.3, -0.25) is 14.9 Å². The summed E-state index contributed by atoms with van der Waals surface area (Å²) in [6.45, 7) is 1.17. The van der Waals surface area contributed by atoms with E-state index >= 15 is 0 Å². The molecule has 2 aliphatic heterocycles. The van der Waals surface area contributed by atoms with Crippen molar-refractivity contribution >= 4 is 23.4 Å². The maximum absolute atomic E-state index is 12.8. The van der Waals surface area contributed by atoms with Gasteiger partial charge < -0.3 is 9.80 Å². The summed E-state index contributed by atoms with van der Waals surface area (Å²) >= 11 is 5.80. The van der Waals surface area contributed by atoms with Gasteiger partial charge in [-0.15, -0.1) is 0 Å². The number of nitrogens with zero attached hydrogens (tertiary/aromatic N) is 3. The van der Waals surface area contributed by atoms with Gasteiger partial charge in [-0.25, -0.2) is 4.98 Å². The average molecular weight is 399 g/mol. The number of benzene rings is 1. The van der Waals surface area contributed by atoms with E-state index in [1.165, 1.54) is 6.20 Å². The first-order valence-electron chi connectivity index (χ1n) is 9.49. The summed E-state index contributed by atoms with van der Waals surface area (Å²) in [6.07, 6.45) is 3.58. The van der Waals surface area contributed by atoms with Crippen molar-refractivity contribution in [1.29, 1.82) is 0 Å². The Morgan fingerprint density at radius 3 is 2.57 bits per heavy atom. The molecule has 1 aromatic heterocycles. The van der Waals surface area contributed by atoms with Crippen LogP contribution in [-0.2, 0) is 11.2 Å². The molecule has 6 nitrogen and oxygen atoms in total. The third-order valence-electron chi connectivity index (χ3n) is 5.85. The molecular formula is C21H23ClN4O2. The van der Waals surface area contributed by atoms with Crippen LogP contribution < -0.4 is 5.32 Å². The molecule has 0 bridgehead atoms. The first kappa shape index (κ1) is 18.9. The molecule has 146 valence electrons. The smallest absolute Gasteiger partial charge is 0.255 e. The van der Waals surface area contributed by atoms with E-state index in [2.05, 4.69) is 10.3 Å². The van der Waals surface area contributed by atoms with Gasteiger partial charge in [-0.05, 0) is 24.1 Å². The Balaban J connectivity index is 1.42. The van der Waals surface area contributed by atoms with E-state index in [4.69, 9.17) is 11.6 Å². The number of pyridine rings is 1. The fourth-order valence-corrected chi connectivity index (χ4v) is 4.27. The van der Waals surface area contributed by atoms with Crippen LogP contribution in [0.4, 0.5) is 0 Å². The van der Waals surface area contributed by atoms with Crippen molar-refractivity contribution in [2.75, 3.05) is 20.1 Å². The zero-order valence-corrected chi connectivity index (χ0v) is 16.5. The highest BCUT2D eigenvalue weighted by Crippen LogP contribution is 2.32. The number of rotatable bonds is 3. The third-order valence-corrected chi connectivity index (χ3v) is 6.07. The van der Waals surface area contributed by atoms with Crippen LogP contribution >= 0.6 is 11.6 Å². The standard InChI is InChI=1S/C21H23ClN4O2/c1-25-20(28)17(13-15-5-3-2-4-6-15)24-21(25)9-11-26(12-10-21)19(27)16-7-8-18(22)23-14-16/h2-8,14,17,24H,9-13H2,1H3. The summed E-state index contributed by atoms with van der Waals surface area (Å²) in [5.41, 5.74) is 1.29. The predicted octanol–water partition coefficient (Wildman–Crippen LogP) is 2.34. The van der Waals surface area contributed by atoms with Crippen molar-refractivity contribution in [2.24, 2.45) is 0 Å². The Morgan fingerprint density at radius 2 is 1.93 bits per heavy atom. The summed E-state index contributed by atoms with van der Waals surface area (Å²) in [6, 6.07) is 13.1. The lowest BCUT2D eigenvalue weighted by atomic mass is 9.95. The lowest BCUT2D eigenvalue weighted by molar-refractivity contribution is -0.131. The lowest BCUT2D eigenvalue weighted by Crippen LogP contribution is -2.58. The number of carbonyl (C=O) groups is 2. The van der Waals surface area contributed by atoms with Crippen LogP contribution in [-0.4, -0.2) is 58.4 Å². The average Bonchev–Trinajstić information content (AvgIpc) is 2.94. The molecule has 2 aliphatic rings. The normalized spacial score (nSPS) is 21.4. The number of nitrogens with one attached hydrogen (secondary N) is 1. The van der Waals surface area contributed by atoms with Crippen LogP contribution in [0.25, 0.3) is 0 Å². The Morgan fingerprint density at radius 1 is 1.21 bits per heavy atom. The quantitative estimate of drug-likeness (QED) is 0.806. The van der Waals surface area contributed by atoms with Crippen molar-refractivity contribution in [3.8, 4) is 0 Å². The van der Waals surface area contributed by atoms with Crippen LogP contribution in [0.15, 0.2) is 48.7 Å². The number of piperidine rings is 1. The number of aromatic nitrogens is 1. The second-order valence-corrected chi connectivity index (χ2v) is 7.86. The first-order valence-corrected chi connectivity index (χ1v) is 9.86. The molecule has 0 radical (unpaired) electrons. The van der Waals surface area contributed by atoms with Crippen molar-refractivity contribution in [1.82, 2.24) is 20.1 Å². The zero-order chi connectivity index (χ0) is 19.7. The molecule has 7 heteroatoms. The molecule has 3 heterocycles. The Bertz CT molecular complexity index is 864. The molecule has 1 aromatic carbocycles. The van der Waals surface area contributed by atoms with E-state index < -0.39 is 0 Å². The van der Waals surface area contributed by atoms with Crippen LogP contribution in [0.5, 0.6) is 0 Å². The van der Waals surface area contributed by atoms with Gasteiger partial charge in [0, 0.05) is 39.2 Å². The van der Waals surface area contributed by atoms with Gasteiger partial charge >= 0.3 is 0 Å². The lowest BCUT2D eigenvalue weighted by Gasteiger charge is -2.43. The Kier molecular flexibility index (Phi) is 5.08. The summed E-state index contributed by atoms with van der Waals surface area (Å²) in [4.78, 5) is 33.2. The Labute approximate surface area is 169 Å². The van der Waals surface area contributed by atoms with E-state index in [0.29, 0.717) is 43.1 Å². The van der Waals surface area contributed by atoms with Crippen molar-refractivity contribution < 1.29 is 9.59 Å². The molecule has 2 saturated heterocycles. The molecule has 1 unspecified atom stereocenters. The molecular weight excluding hydrogens is 376 g/mol. The molecule has 0 saturated carbocycles. The minimum atomic E-state index is -0.383. The molecule has 2 aromatic rings. The summed E-state index contributed by atoms with van der Waals surface area (Å²) in [5.74, 6) is 0.0670. The number of amides is 2. The highest BCUT2D eigenvalue weighted by atomic mass is 35.5. The zero-order valence-electron chi connectivity index (χ0n) is 15.8. The van der Waals surface area contributed by atoms with Crippen LogP contribution in [0.3, 0.4) is 0 Å². The molecule has 2 amide bonds. The molecule has 1 atom stereocenters. The minimum absolute atomic E-state index is 0.0492. The number of hydrogen-bond acceptors (Lipinski definition) is 4. The van der Waals surface area contributed by atoms with Gasteiger partial charge in [-0.2, -0.15) is 0 Å². The maximum Gasteiger partial charge on any atom is 0.255 e.